The Labute approximate surface area is 100 Å². The molecule has 0 aliphatic heterocycles. The van der Waals surface area contributed by atoms with Gasteiger partial charge < -0.3 is 5.32 Å². The molecule has 0 atom stereocenters. The smallest absolute Gasteiger partial charge is 0.215 e. The summed E-state index contributed by atoms with van der Waals surface area (Å²) in [5.74, 6) is 0.205. The van der Waals surface area contributed by atoms with E-state index in [4.69, 9.17) is 0 Å². The van der Waals surface area contributed by atoms with Crippen LogP contribution in [0.3, 0.4) is 0 Å². The number of rotatable bonds is 10. The summed E-state index contributed by atoms with van der Waals surface area (Å²) < 4.78 is 25.6. The topological polar surface area (TPSA) is 49.4 Å². The molecule has 0 heterocycles. The molecule has 0 aromatic rings. The molecule has 0 bridgehead atoms. The van der Waals surface area contributed by atoms with Crippen LogP contribution in [0, 0.1) is 0 Å². The maximum absolute atomic E-state index is 12.0. The fraction of sp³-hybridized carbons (Fsp3) is 1.00. The minimum Gasteiger partial charge on any atom is -0.319 e. The molecule has 0 amide bonds. The highest BCUT2D eigenvalue weighted by atomic mass is 32.2. The summed E-state index contributed by atoms with van der Waals surface area (Å²) in [6.07, 6.45) is 3.96. The van der Waals surface area contributed by atoms with Crippen LogP contribution in [0.15, 0.2) is 0 Å². The normalized spacial score (nSPS) is 12.2. The van der Waals surface area contributed by atoms with Gasteiger partial charge in [0.15, 0.2) is 0 Å². The van der Waals surface area contributed by atoms with Gasteiger partial charge in [-0.25, -0.2) is 12.7 Å². The number of hydrogen-bond acceptors (Lipinski definition) is 3. The standard InChI is InChI=1S/C11H26N2O2S/c1-4-6-9-13(10-7-5-2)16(14,15)11-8-12-3/h12H,4-11H2,1-3H3. The number of nitrogens with zero attached hydrogens (tertiary/aromatic N) is 1. The van der Waals surface area contributed by atoms with Gasteiger partial charge in [-0.3, -0.25) is 0 Å². The SMILES string of the molecule is CCCCN(CCCC)S(=O)(=O)CCNC. The summed E-state index contributed by atoms with van der Waals surface area (Å²) in [5, 5.41) is 2.89. The molecule has 0 rings (SSSR count). The van der Waals surface area contributed by atoms with Crippen molar-refractivity contribution in [1.82, 2.24) is 9.62 Å². The van der Waals surface area contributed by atoms with E-state index in [1.54, 1.807) is 11.4 Å². The zero-order chi connectivity index (χ0) is 12.4. The Morgan fingerprint density at radius 3 is 1.94 bits per heavy atom. The van der Waals surface area contributed by atoms with Crippen LogP contribution in [0.2, 0.25) is 0 Å². The molecule has 0 unspecified atom stereocenters. The average Bonchev–Trinajstić information content (AvgIpc) is 2.26. The summed E-state index contributed by atoms with van der Waals surface area (Å²) in [6, 6.07) is 0. The number of nitrogens with one attached hydrogen (secondary N) is 1. The number of unbranched alkanes of at least 4 members (excludes halogenated alkanes) is 2. The Morgan fingerprint density at radius 1 is 1.06 bits per heavy atom. The van der Waals surface area contributed by atoms with Crippen molar-refractivity contribution in [3.63, 3.8) is 0 Å². The monoisotopic (exact) mass is 250 g/mol. The summed E-state index contributed by atoms with van der Waals surface area (Å²) >= 11 is 0. The molecule has 0 saturated carbocycles. The van der Waals surface area contributed by atoms with Crippen molar-refractivity contribution in [3.8, 4) is 0 Å². The highest BCUT2D eigenvalue weighted by Crippen LogP contribution is 2.06. The summed E-state index contributed by atoms with van der Waals surface area (Å²) in [7, 11) is -1.28. The van der Waals surface area contributed by atoms with E-state index in [1.807, 2.05) is 0 Å². The minimum absolute atomic E-state index is 0.205. The largest absolute Gasteiger partial charge is 0.319 e. The summed E-state index contributed by atoms with van der Waals surface area (Å²) in [4.78, 5) is 0. The second-order valence-electron chi connectivity index (χ2n) is 4.03. The maximum Gasteiger partial charge on any atom is 0.215 e. The first-order valence-corrected chi connectivity index (χ1v) is 7.81. The highest BCUT2D eigenvalue weighted by molar-refractivity contribution is 7.89. The van der Waals surface area contributed by atoms with Gasteiger partial charge >= 0.3 is 0 Å². The third-order valence-electron chi connectivity index (χ3n) is 2.53. The lowest BCUT2D eigenvalue weighted by Crippen LogP contribution is -2.37. The van der Waals surface area contributed by atoms with Gasteiger partial charge in [0, 0.05) is 19.6 Å². The van der Waals surface area contributed by atoms with Crippen LogP contribution in [0.25, 0.3) is 0 Å². The summed E-state index contributed by atoms with van der Waals surface area (Å²) in [6.45, 7) is 6.03. The van der Waals surface area contributed by atoms with Gasteiger partial charge in [0.2, 0.25) is 10.0 Å². The number of hydrogen-bond donors (Lipinski definition) is 1. The van der Waals surface area contributed by atoms with E-state index in [-0.39, 0.29) is 5.75 Å². The Balaban J connectivity index is 4.33. The fourth-order valence-corrected chi connectivity index (χ4v) is 2.95. The molecule has 0 radical (unpaired) electrons. The third kappa shape index (κ3) is 6.45. The van der Waals surface area contributed by atoms with Gasteiger partial charge in [0.05, 0.1) is 5.75 Å². The van der Waals surface area contributed by atoms with Crippen LogP contribution >= 0.6 is 0 Å². The first-order valence-electron chi connectivity index (χ1n) is 6.20. The first kappa shape index (κ1) is 15.9. The van der Waals surface area contributed by atoms with Gasteiger partial charge in [0.25, 0.3) is 0 Å². The average molecular weight is 250 g/mol. The van der Waals surface area contributed by atoms with E-state index < -0.39 is 10.0 Å². The van der Waals surface area contributed by atoms with Gasteiger partial charge in [-0.1, -0.05) is 26.7 Å². The van der Waals surface area contributed by atoms with E-state index >= 15 is 0 Å². The van der Waals surface area contributed by atoms with E-state index in [2.05, 4.69) is 19.2 Å². The van der Waals surface area contributed by atoms with Crippen molar-refractivity contribution in [2.75, 3.05) is 32.4 Å². The van der Waals surface area contributed by atoms with Crippen LogP contribution < -0.4 is 5.32 Å². The molecule has 0 saturated heterocycles. The van der Waals surface area contributed by atoms with Crippen LogP contribution in [0.1, 0.15) is 39.5 Å². The van der Waals surface area contributed by atoms with Gasteiger partial charge in [-0.2, -0.15) is 0 Å². The zero-order valence-corrected chi connectivity index (χ0v) is 11.6. The maximum atomic E-state index is 12.0. The zero-order valence-electron chi connectivity index (χ0n) is 10.8. The van der Waals surface area contributed by atoms with Gasteiger partial charge in [0.1, 0.15) is 0 Å². The van der Waals surface area contributed by atoms with Crippen molar-refractivity contribution in [3.05, 3.63) is 0 Å². The van der Waals surface area contributed by atoms with E-state index in [0.29, 0.717) is 19.6 Å². The first-order chi connectivity index (χ1) is 7.58. The second kappa shape index (κ2) is 8.96. The van der Waals surface area contributed by atoms with E-state index in [1.165, 1.54) is 0 Å². The van der Waals surface area contributed by atoms with Crippen LogP contribution in [0.4, 0.5) is 0 Å². The highest BCUT2D eigenvalue weighted by Gasteiger charge is 2.19. The quantitative estimate of drug-likeness (QED) is 0.638. The molecule has 16 heavy (non-hydrogen) atoms. The minimum atomic E-state index is -3.06. The van der Waals surface area contributed by atoms with Gasteiger partial charge in [-0.15, -0.1) is 0 Å². The lowest BCUT2D eigenvalue weighted by atomic mass is 10.3. The van der Waals surface area contributed by atoms with Crippen molar-refractivity contribution in [1.29, 1.82) is 0 Å². The van der Waals surface area contributed by atoms with E-state index in [9.17, 15) is 8.42 Å². The van der Waals surface area contributed by atoms with Crippen molar-refractivity contribution in [2.24, 2.45) is 0 Å². The molecule has 0 aliphatic rings. The van der Waals surface area contributed by atoms with Crippen LogP contribution in [-0.2, 0) is 10.0 Å². The van der Waals surface area contributed by atoms with Crippen LogP contribution in [0.5, 0.6) is 0 Å². The Morgan fingerprint density at radius 2 is 1.56 bits per heavy atom. The van der Waals surface area contributed by atoms with Crippen molar-refractivity contribution < 1.29 is 8.42 Å². The van der Waals surface area contributed by atoms with E-state index in [0.717, 1.165) is 25.7 Å². The lowest BCUT2D eigenvalue weighted by Gasteiger charge is -2.21. The number of sulfonamides is 1. The van der Waals surface area contributed by atoms with Crippen molar-refractivity contribution in [2.45, 2.75) is 39.5 Å². The molecule has 0 aliphatic carbocycles. The summed E-state index contributed by atoms with van der Waals surface area (Å²) in [5.41, 5.74) is 0. The Bertz CT molecular complexity index is 245. The lowest BCUT2D eigenvalue weighted by molar-refractivity contribution is 0.395. The molecule has 98 valence electrons. The predicted octanol–water partition coefficient (Wildman–Crippen LogP) is 1.44. The predicted molar refractivity (Wildman–Crippen MR) is 69.1 cm³/mol. The molecule has 4 nitrogen and oxygen atoms in total. The molecule has 1 N–H and O–H groups in total. The molecule has 0 aromatic carbocycles. The van der Waals surface area contributed by atoms with Crippen LogP contribution in [-0.4, -0.2) is 45.2 Å². The second-order valence-corrected chi connectivity index (χ2v) is 6.11. The fourth-order valence-electron chi connectivity index (χ4n) is 1.42. The molecule has 0 spiro atoms. The third-order valence-corrected chi connectivity index (χ3v) is 4.40. The molecule has 0 aromatic heterocycles. The molecular weight excluding hydrogens is 224 g/mol. The van der Waals surface area contributed by atoms with Crippen molar-refractivity contribution >= 4 is 10.0 Å². The molecular formula is C11H26N2O2S. The molecule has 0 fully saturated rings. The van der Waals surface area contributed by atoms with Gasteiger partial charge in [-0.05, 0) is 19.9 Å². The molecule has 5 heteroatoms. The Hall–Kier alpha value is -0.130. The Kier molecular flexibility index (Phi) is 8.89.